The smallest absolute Gasteiger partial charge is 0.293 e. The molecule has 0 aliphatic carbocycles. The Morgan fingerprint density at radius 2 is 2.25 bits per heavy atom. The van der Waals surface area contributed by atoms with Crippen LogP contribution in [0, 0.1) is 6.54 Å². The number of hydrogen-bond acceptors (Lipinski definition) is 4. The summed E-state index contributed by atoms with van der Waals surface area (Å²) in [5, 5.41) is 2.86. The molecule has 0 saturated carbocycles. The van der Waals surface area contributed by atoms with Gasteiger partial charge in [-0.15, -0.1) is 0 Å². The van der Waals surface area contributed by atoms with E-state index in [4.69, 9.17) is 9.47 Å². The number of aliphatic imine (C=N–C) groups is 1. The Hall–Kier alpha value is -1.19. The van der Waals surface area contributed by atoms with E-state index >= 15 is 0 Å². The normalized spacial score (nSPS) is 16.3. The van der Waals surface area contributed by atoms with Crippen molar-refractivity contribution < 1.29 is 9.47 Å². The Labute approximate surface area is 72.3 Å². The summed E-state index contributed by atoms with van der Waals surface area (Å²) >= 11 is 0. The van der Waals surface area contributed by atoms with E-state index in [0.29, 0.717) is 11.9 Å². The van der Waals surface area contributed by atoms with Gasteiger partial charge in [-0.2, -0.15) is 4.99 Å². The maximum absolute atomic E-state index is 5.31. The molecule has 0 fully saturated rings. The van der Waals surface area contributed by atoms with Gasteiger partial charge in [-0.1, -0.05) is 0 Å². The molecule has 0 aromatic carbocycles. The van der Waals surface area contributed by atoms with Gasteiger partial charge in [0.15, 0.2) is 0 Å². The third-order valence-corrected chi connectivity index (χ3v) is 1.20. The molecule has 1 heterocycles. The largest absolute Gasteiger partial charge is 0.481 e. The first-order valence-electron chi connectivity index (χ1n) is 3.81. The molecule has 4 heteroatoms. The minimum atomic E-state index is 0.112. The molecule has 1 aliphatic rings. The summed E-state index contributed by atoms with van der Waals surface area (Å²) in [4.78, 5) is 4.03. The van der Waals surface area contributed by atoms with Crippen molar-refractivity contribution in [2.45, 2.75) is 20.0 Å². The van der Waals surface area contributed by atoms with E-state index in [9.17, 15) is 0 Å². The van der Waals surface area contributed by atoms with Crippen LogP contribution in [-0.4, -0.2) is 19.2 Å². The number of amidine groups is 1. The van der Waals surface area contributed by atoms with E-state index in [1.54, 1.807) is 19.7 Å². The Balaban J connectivity index is 2.54. The average Bonchev–Trinajstić information content (AvgIpc) is 2.03. The molecule has 0 spiro atoms. The molecule has 67 valence electrons. The maximum Gasteiger partial charge on any atom is 0.293 e. The molecular formula is C8H13N2O2. The van der Waals surface area contributed by atoms with Crippen molar-refractivity contribution in [1.82, 2.24) is 5.32 Å². The molecule has 0 amide bonds. The highest BCUT2D eigenvalue weighted by atomic mass is 16.5. The predicted octanol–water partition coefficient (Wildman–Crippen LogP) is 1.02. The summed E-state index contributed by atoms with van der Waals surface area (Å²) in [6, 6.07) is 0.476. The molecule has 0 bridgehead atoms. The fraction of sp³-hybridized carbons (Fsp3) is 0.500. The molecule has 0 aromatic heterocycles. The van der Waals surface area contributed by atoms with Gasteiger partial charge in [0, 0.05) is 6.08 Å². The van der Waals surface area contributed by atoms with Crippen LogP contribution in [0.3, 0.4) is 0 Å². The van der Waals surface area contributed by atoms with Gasteiger partial charge >= 0.3 is 0 Å². The monoisotopic (exact) mass is 169 g/mol. The van der Waals surface area contributed by atoms with Gasteiger partial charge in [0.2, 0.25) is 5.88 Å². The van der Waals surface area contributed by atoms with Crippen molar-refractivity contribution in [2.24, 2.45) is 4.99 Å². The van der Waals surface area contributed by atoms with Crippen LogP contribution in [0.25, 0.3) is 0 Å². The number of ether oxygens (including phenoxy) is 2. The first kappa shape index (κ1) is 8.90. The standard InChI is InChI=1S/C8H13N2O2/c1-6(2)12-8-9-5-4-7(10-8)11-3/h4-6H,1-3H3,(H,9,10). The Kier molecular flexibility index (Phi) is 2.96. The van der Waals surface area contributed by atoms with Crippen molar-refractivity contribution in [1.29, 1.82) is 0 Å². The molecule has 1 aliphatic heterocycles. The topological polar surface area (TPSA) is 42.8 Å². The first-order valence-corrected chi connectivity index (χ1v) is 3.81. The zero-order chi connectivity index (χ0) is 8.97. The molecule has 1 radical (unpaired) electrons. The second-order valence-corrected chi connectivity index (χ2v) is 2.60. The minimum Gasteiger partial charge on any atom is -0.481 e. The lowest BCUT2D eigenvalue weighted by Gasteiger charge is -2.16. The van der Waals surface area contributed by atoms with Gasteiger partial charge in [-0.3, -0.25) is 0 Å². The summed E-state index contributed by atoms with van der Waals surface area (Å²) in [7, 11) is 1.57. The van der Waals surface area contributed by atoms with Crippen LogP contribution in [0.2, 0.25) is 0 Å². The molecule has 0 unspecified atom stereocenters. The van der Waals surface area contributed by atoms with Gasteiger partial charge in [0.1, 0.15) is 0 Å². The summed E-state index contributed by atoms with van der Waals surface area (Å²) in [6.45, 7) is 5.60. The zero-order valence-corrected chi connectivity index (χ0v) is 7.50. The number of hydrogen-bond donors (Lipinski definition) is 1. The molecule has 0 aromatic rings. The maximum atomic E-state index is 5.31. The minimum absolute atomic E-state index is 0.112. The number of nitrogens with zero attached hydrogens (tertiary/aromatic N) is 1. The van der Waals surface area contributed by atoms with Crippen molar-refractivity contribution in [2.75, 3.05) is 7.11 Å². The predicted molar refractivity (Wildman–Crippen MR) is 46.2 cm³/mol. The molecule has 1 N–H and O–H groups in total. The van der Waals surface area contributed by atoms with Gasteiger partial charge in [-0.05, 0) is 13.8 Å². The second kappa shape index (κ2) is 3.99. The van der Waals surface area contributed by atoms with Crippen LogP contribution in [0.1, 0.15) is 13.8 Å². The number of methoxy groups -OCH3 is 1. The van der Waals surface area contributed by atoms with Crippen molar-refractivity contribution in [3.05, 3.63) is 18.5 Å². The highest BCUT2D eigenvalue weighted by molar-refractivity contribution is 5.76. The van der Waals surface area contributed by atoms with Crippen molar-refractivity contribution in [3.63, 3.8) is 0 Å². The number of rotatable bonds is 2. The molecule has 0 atom stereocenters. The quantitative estimate of drug-likeness (QED) is 0.671. The highest BCUT2D eigenvalue weighted by Crippen LogP contribution is 2.04. The summed E-state index contributed by atoms with van der Waals surface area (Å²) in [5.41, 5.74) is 0. The number of nitrogens with one attached hydrogen (secondary N) is 1. The third-order valence-electron chi connectivity index (χ3n) is 1.20. The first-order chi connectivity index (χ1) is 5.72. The van der Waals surface area contributed by atoms with Gasteiger partial charge in [0.05, 0.1) is 19.8 Å². The SMILES string of the molecule is COC1=C[CH]NC(OC(C)C)=N1. The van der Waals surface area contributed by atoms with E-state index in [2.05, 4.69) is 10.3 Å². The van der Waals surface area contributed by atoms with Crippen LogP contribution in [0.5, 0.6) is 0 Å². The van der Waals surface area contributed by atoms with Crippen LogP contribution < -0.4 is 5.32 Å². The molecular weight excluding hydrogens is 156 g/mol. The lowest BCUT2D eigenvalue weighted by molar-refractivity contribution is 0.211. The van der Waals surface area contributed by atoms with Crippen molar-refractivity contribution >= 4 is 6.02 Å². The molecule has 0 saturated heterocycles. The van der Waals surface area contributed by atoms with Crippen LogP contribution in [-0.2, 0) is 9.47 Å². The summed E-state index contributed by atoms with van der Waals surface area (Å²) in [6.07, 6.45) is 1.84. The fourth-order valence-corrected chi connectivity index (χ4v) is 0.751. The molecule has 12 heavy (non-hydrogen) atoms. The third kappa shape index (κ3) is 2.45. The van der Waals surface area contributed by atoms with E-state index in [1.807, 2.05) is 13.8 Å². The van der Waals surface area contributed by atoms with Gasteiger partial charge in [-0.25, -0.2) is 0 Å². The summed E-state index contributed by atoms with van der Waals surface area (Å²) in [5.74, 6) is 0.546. The highest BCUT2D eigenvalue weighted by Gasteiger charge is 2.08. The fourth-order valence-electron chi connectivity index (χ4n) is 0.751. The Morgan fingerprint density at radius 3 is 2.83 bits per heavy atom. The average molecular weight is 169 g/mol. The zero-order valence-electron chi connectivity index (χ0n) is 7.50. The Morgan fingerprint density at radius 1 is 1.50 bits per heavy atom. The Bertz CT molecular complexity index is 209. The lowest BCUT2D eigenvalue weighted by Crippen LogP contribution is -2.28. The van der Waals surface area contributed by atoms with Gasteiger partial charge in [0.25, 0.3) is 6.02 Å². The molecule has 1 rings (SSSR count). The lowest BCUT2D eigenvalue weighted by atomic mass is 10.5. The summed E-state index contributed by atoms with van der Waals surface area (Å²) < 4.78 is 10.2. The molecule has 4 nitrogen and oxygen atoms in total. The van der Waals surface area contributed by atoms with E-state index in [0.717, 1.165) is 0 Å². The van der Waals surface area contributed by atoms with Gasteiger partial charge < -0.3 is 14.8 Å². The van der Waals surface area contributed by atoms with Crippen LogP contribution in [0.15, 0.2) is 17.0 Å². The van der Waals surface area contributed by atoms with E-state index in [-0.39, 0.29) is 6.10 Å². The van der Waals surface area contributed by atoms with Crippen LogP contribution >= 0.6 is 0 Å². The van der Waals surface area contributed by atoms with E-state index < -0.39 is 0 Å². The van der Waals surface area contributed by atoms with Crippen LogP contribution in [0.4, 0.5) is 0 Å². The van der Waals surface area contributed by atoms with E-state index in [1.165, 1.54) is 0 Å². The second-order valence-electron chi connectivity index (χ2n) is 2.60. The van der Waals surface area contributed by atoms with Crippen molar-refractivity contribution in [3.8, 4) is 0 Å².